The highest BCUT2D eigenvalue weighted by Crippen LogP contribution is 2.32. The van der Waals surface area contributed by atoms with E-state index in [4.69, 9.17) is 33.7 Å². The maximum absolute atomic E-state index is 6.08. The molecule has 2 aromatic rings. The smallest absolute Gasteiger partial charge is 0.243 e. The zero-order chi connectivity index (χ0) is 13.3. The third kappa shape index (κ3) is 2.49. The third-order valence-electron chi connectivity index (χ3n) is 2.41. The Labute approximate surface area is 115 Å². The lowest BCUT2D eigenvalue weighted by atomic mass is 10.1. The minimum atomic E-state index is 0.184. The highest BCUT2D eigenvalue weighted by molar-refractivity contribution is 6.34. The van der Waals surface area contributed by atoms with Crippen LogP contribution in [0.15, 0.2) is 18.5 Å². The minimum Gasteiger partial charge on any atom is -0.437 e. The number of nitrogen functional groups attached to an aromatic ring is 1. The van der Waals surface area contributed by atoms with Crippen molar-refractivity contribution in [2.75, 3.05) is 5.73 Å². The Hall–Kier alpha value is -1.52. The van der Waals surface area contributed by atoms with Crippen LogP contribution in [0.1, 0.15) is 11.1 Å². The second-order valence-electron chi connectivity index (χ2n) is 3.85. The fourth-order valence-electron chi connectivity index (χ4n) is 1.51. The van der Waals surface area contributed by atoms with Crippen molar-refractivity contribution in [3.8, 4) is 11.6 Å². The molecule has 0 spiro atoms. The molecule has 0 aliphatic heterocycles. The van der Waals surface area contributed by atoms with Crippen molar-refractivity contribution >= 4 is 29.0 Å². The summed E-state index contributed by atoms with van der Waals surface area (Å²) in [4.78, 5) is 7.70. The summed E-state index contributed by atoms with van der Waals surface area (Å²) in [5.41, 5.74) is 7.42. The third-order valence-corrected chi connectivity index (χ3v) is 3.36. The fourth-order valence-corrected chi connectivity index (χ4v) is 1.76. The van der Waals surface area contributed by atoms with E-state index in [-0.39, 0.29) is 16.7 Å². The molecule has 2 N–H and O–H groups in total. The van der Waals surface area contributed by atoms with E-state index in [0.29, 0.717) is 5.75 Å². The van der Waals surface area contributed by atoms with Crippen molar-refractivity contribution in [2.45, 2.75) is 13.8 Å². The second kappa shape index (κ2) is 5.00. The van der Waals surface area contributed by atoms with E-state index in [1.165, 1.54) is 6.33 Å². The Morgan fingerprint density at radius 3 is 2.28 bits per heavy atom. The number of hydrogen-bond acceptors (Lipinski definition) is 4. The van der Waals surface area contributed by atoms with Crippen LogP contribution in [0.3, 0.4) is 0 Å². The molecule has 1 heterocycles. The Balaban J connectivity index is 2.37. The standard InChI is InChI=1S/C12H11Cl2N3O/c1-6-3-8(4-7(2)9(6)13)18-12-10(14)11(15)16-5-17-12/h3-5H,1-2H3,(H2,15,16,17). The van der Waals surface area contributed by atoms with Gasteiger partial charge in [-0.15, -0.1) is 0 Å². The normalized spacial score (nSPS) is 10.4. The van der Waals surface area contributed by atoms with Crippen molar-refractivity contribution in [1.29, 1.82) is 0 Å². The Kier molecular flexibility index (Phi) is 3.59. The quantitative estimate of drug-likeness (QED) is 0.911. The maximum Gasteiger partial charge on any atom is 0.243 e. The predicted molar refractivity (Wildman–Crippen MR) is 72.5 cm³/mol. The first-order valence-corrected chi connectivity index (χ1v) is 5.95. The Morgan fingerprint density at radius 1 is 1.06 bits per heavy atom. The van der Waals surface area contributed by atoms with Gasteiger partial charge in [-0.2, -0.15) is 4.98 Å². The van der Waals surface area contributed by atoms with Crippen LogP contribution >= 0.6 is 23.2 Å². The number of aromatic nitrogens is 2. The van der Waals surface area contributed by atoms with Crippen molar-refractivity contribution < 1.29 is 4.74 Å². The first-order valence-electron chi connectivity index (χ1n) is 5.19. The van der Waals surface area contributed by atoms with Crippen LogP contribution in [0.4, 0.5) is 5.82 Å². The molecule has 6 heteroatoms. The summed E-state index contributed by atoms with van der Waals surface area (Å²) in [5, 5.41) is 0.915. The van der Waals surface area contributed by atoms with E-state index in [2.05, 4.69) is 9.97 Å². The lowest BCUT2D eigenvalue weighted by molar-refractivity contribution is 0.461. The van der Waals surface area contributed by atoms with Gasteiger partial charge in [0.05, 0.1) is 0 Å². The van der Waals surface area contributed by atoms with Gasteiger partial charge in [-0.3, -0.25) is 0 Å². The molecule has 1 aromatic heterocycles. The Bertz CT molecular complexity index is 579. The molecule has 0 saturated carbocycles. The maximum atomic E-state index is 6.08. The molecule has 4 nitrogen and oxygen atoms in total. The predicted octanol–water partition coefficient (Wildman–Crippen LogP) is 3.77. The highest BCUT2D eigenvalue weighted by Gasteiger charge is 2.10. The Morgan fingerprint density at radius 2 is 1.67 bits per heavy atom. The van der Waals surface area contributed by atoms with Crippen molar-refractivity contribution in [3.05, 3.63) is 39.6 Å². The number of aryl methyl sites for hydroxylation is 2. The first-order chi connectivity index (χ1) is 8.49. The second-order valence-corrected chi connectivity index (χ2v) is 4.61. The molecule has 0 amide bonds. The highest BCUT2D eigenvalue weighted by atomic mass is 35.5. The van der Waals surface area contributed by atoms with E-state index >= 15 is 0 Å². The minimum absolute atomic E-state index is 0.184. The zero-order valence-electron chi connectivity index (χ0n) is 9.87. The van der Waals surface area contributed by atoms with Gasteiger partial charge in [-0.1, -0.05) is 23.2 Å². The molecule has 0 atom stereocenters. The molecule has 0 fully saturated rings. The van der Waals surface area contributed by atoms with Gasteiger partial charge < -0.3 is 10.5 Å². The largest absolute Gasteiger partial charge is 0.437 e. The molecule has 1 aromatic carbocycles. The molecule has 0 aliphatic rings. The van der Waals surface area contributed by atoms with Gasteiger partial charge in [-0.25, -0.2) is 4.98 Å². The number of anilines is 1. The average molecular weight is 284 g/mol. The topological polar surface area (TPSA) is 61.0 Å². The molecule has 2 rings (SSSR count). The number of nitrogens with two attached hydrogens (primary N) is 1. The lowest BCUT2D eigenvalue weighted by Crippen LogP contribution is -1.97. The molecule has 0 radical (unpaired) electrons. The summed E-state index contributed by atoms with van der Waals surface area (Å²) in [6, 6.07) is 3.62. The van der Waals surface area contributed by atoms with Crippen LogP contribution in [-0.2, 0) is 0 Å². The fraction of sp³-hybridized carbons (Fsp3) is 0.167. The summed E-state index contributed by atoms with van der Waals surface area (Å²) in [6.45, 7) is 3.80. The van der Waals surface area contributed by atoms with Crippen LogP contribution in [0, 0.1) is 13.8 Å². The van der Waals surface area contributed by atoms with E-state index < -0.39 is 0 Å². The number of nitrogens with zero attached hydrogens (tertiary/aromatic N) is 2. The summed E-state index contributed by atoms with van der Waals surface area (Å²) in [5.74, 6) is 1.02. The van der Waals surface area contributed by atoms with Crippen molar-refractivity contribution in [2.24, 2.45) is 0 Å². The number of ether oxygens (including phenoxy) is 1. The molecule has 0 bridgehead atoms. The monoisotopic (exact) mass is 283 g/mol. The van der Waals surface area contributed by atoms with Gasteiger partial charge in [0, 0.05) is 5.02 Å². The summed E-state index contributed by atoms with van der Waals surface area (Å²) in [7, 11) is 0. The van der Waals surface area contributed by atoms with E-state index in [1.807, 2.05) is 26.0 Å². The van der Waals surface area contributed by atoms with Crippen LogP contribution in [-0.4, -0.2) is 9.97 Å². The van der Waals surface area contributed by atoms with Gasteiger partial charge in [0.1, 0.15) is 22.9 Å². The average Bonchev–Trinajstić information content (AvgIpc) is 2.32. The van der Waals surface area contributed by atoms with Gasteiger partial charge in [0.2, 0.25) is 5.88 Å². The first kappa shape index (κ1) is 12.9. The molecule has 0 aliphatic carbocycles. The summed E-state index contributed by atoms with van der Waals surface area (Å²) in [6.07, 6.45) is 1.30. The number of rotatable bonds is 2. The van der Waals surface area contributed by atoms with Gasteiger partial charge in [-0.05, 0) is 37.1 Å². The number of benzene rings is 1. The van der Waals surface area contributed by atoms with E-state index in [1.54, 1.807) is 0 Å². The lowest BCUT2D eigenvalue weighted by Gasteiger charge is -2.10. The summed E-state index contributed by atoms with van der Waals surface area (Å²) < 4.78 is 5.58. The van der Waals surface area contributed by atoms with Crippen LogP contribution in [0.25, 0.3) is 0 Å². The van der Waals surface area contributed by atoms with Crippen molar-refractivity contribution in [3.63, 3.8) is 0 Å². The molecule has 94 valence electrons. The molecule has 0 unspecified atom stereocenters. The van der Waals surface area contributed by atoms with E-state index in [9.17, 15) is 0 Å². The molecular formula is C12H11Cl2N3O. The van der Waals surface area contributed by atoms with Gasteiger partial charge in [0.15, 0.2) is 0 Å². The van der Waals surface area contributed by atoms with Gasteiger partial charge >= 0.3 is 0 Å². The van der Waals surface area contributed by atoms with Crippen LogP contribution in [0.2, 0.25) is 10.0 Å². The van der Waals surface area contributed by atoms with Gasteiger partial charge in [0.25, 0.3) is 0 Å². The zero-order valence-corrected chi connectivity index (χ0v) is 11.4. The number of halogens is 2. The SMILES string of the molecule is Cc1cc(Oc2ncnc(N)c2Cl)cc(C)c1Cl. The summed E-state index contributed by atoms with van der Waals surface area (Å²) >= 11 is 12.0. The molecule has 18 heavy (non-hydrogen) atoms. The molecular weight excluding hydrogens is 273 g/mol. The van der Waals surface area contributed by atoms with Crippen LogP contribution < -0.4 is 10.5 Å². The van der Waals surface area contributed by atoms with Crippen molar-refractivity contribution in [1.82, 2.24) is 9.97 Å². The molecule has 0 saturated heterocycles. The van der Waals surface area contributed by atoms with E-state index in [0.717, 1.165) is 16.1 Å². The van der Waals surface area contributed by atoms with Crippen LogP contribution in [0.5, 0.6) is 11.6 Å². The number of hydrogen-bond donors (Lipinski definition) is 1.